The molecule has 2 aliphatic heterocycles. The molecule has 0 aromatic heterocycles. The summed E-state index contributed by atoms with van der Waals surface area (Å²) in [6.45, 7) is 3.65. The van der Waals surface area contributed by atoms with E-state index < -0.39 is 0 Å². The average Bonchev–Trinajstić information content (AvgIpc) is 3.07. The van der Waals surface area contributed by atoms with E-state index in [9.17, 15) is 4.79 Å². The van der Waals surface area contributed by atoms with Crippen LogP contribution in [0.3, 0.4) is 0 Å². The van der Waals surface area contributed by atoms with Gasteiger partial charge in [-0.2, -0.15) is 0 Å². The van der Waals surface area contributed by atoms with Crippen molar-refractivity contribution in [1.29, 1.82) is 0 Å². The summed E-state index contributed by atoms with van der Waals surface area (Å²) >= 11 is 0. The number of aliphatic imine (C=N–C) groups is 1. The van der Waals surface area contributed by atoms with Gasteiger partial charge in [-0.3, -0.25) is 9.69 Å². The Labute approximate surface area is 154 Å². The van der Waals surface area contributed by atoms with Crippen molar-refractivity contribution in [2.24, 2.45) is 10.9 Å². The summed E-state index contributed by atoms with van der Waals surface area (Å²) in [4.78, 5) is 21.5. The summed E-state index contributed by atoms with van der Waals surface area (Å²) in [5.41, 5.74) is 5.57. The molecule has 0 bridgehead atoms. The van der Waals surface area contributed by atoms with E-state index in [4.69, 9.17) is 4.74 Å². The molecule has 1 amide bonds. The minimum absolute atomic E-state index is 0.103. The molecule has 5 heteroatoms. The first-order valence-corrected chi connectivity index (χ1v) is 9.26. The quantitative estimate of drug-likeness (QED) is 0.838. The first-order chi connectivity index (χ1) is 12.5. The maximum atomic E-state index is 12.9. The molecule has 0 N–H and O–H groups in total. The normalized spacial score (nSPS) is 23.1. The number of nitrogens with zero attached hydrogens (tertiary/aromatic N) is 3. The number of benzene rings is 1. The Bertz CT molecular complexity index is 864. The number of methoxy groups -OCH3 is 1. The molecule has 0 saturated heterocycles. The van der Waals surface area contributed by atoms with Crippen LogP contribution >= 0.6 is 0 Å². The highest BCUT2D eigenvalue weighted by atomic mass is 16.5. The molecule has 26 heavy (non-hydrogen) atoms. The van der Waals surface area contributed by atoms with E-state index in [1.807, 2.05) is 18.0 Å². The monoisotopic (exact) mass is 351 g/mol. The number of rotatable bonds is 4. The van der Waals surface area contributed by atoms with Crippen LogP contribution in [0.15, 0.2) is 23.2 Å². The Kier molecular flexibility index (Phi) is 4.22. The van der Waals surface area contributed by atoms with Crippen molar-refractivity contribution in [3.05, 3.63) is 29.3 Å². The van der Waals surface area contributed by atoms with Gasteiger partial charge in [0, 0.05) is 43.7 Å². The van der Waals surface area contributed by atoms with E-state index in [0.29, 0.717) is 0 Å². The molecule has 0 radical (unpaired) electrons. The number of ether oxygens (including phenoxy) is 1. The number of hydrogen-bond donors (Lipinski definition) is 0. The Morgan fingerprint density at radius 3 is 3.00 bits per heavy atom. The number of likely N-dealkylation sites (N-methyl/N-ethyl adjacent to an activating group) is 1. The Morgan fingerprint density at radius 1 is 1.46 bits per heavy atom. The Morgan fingerprint density at radius 2 is 2.27 bits per heavy atom. The smallest absolute Gasteiger partial charge is 0.230 e. The fourth-order valence-corrected chi connectivity index (χ4v) is 4.38. The fourth-order valence-electron chi connectivity index (χ4n) is 4.38. The van der Waals surface area contributed by atoms with Crippen LogP contribution in [0.2, 0.25) is 0 Å². The summed E-state index contributed by atoms with van der Waals surface area (Å²) in [5.74, 6) is 4.07. The predicted molar refractivity (Wildman–Crippen MR) is 104 cm³/mol. The molecule has 3 aliphatic rings. The first-order valence-electron chi connectivity index (χ1n) is 9.26. The summed E-state index contributed by atoms with van der Waals surface area (Å²) in [6, 6.07) is 4.36. The van der Waals surface area contributed by atoms with Crippen molar-refractivity contribution in [2.45, 2.75) is 25.8 Å². The van der Waals surface area contributed by atoms with Crippen molar-refractivity contribution in [3.63, 3.8) is 0 Å². The highest BCUT2D eigenvalue weighted by molar-refractivity contribution is 6.07. The van der Waals surface area contributed by atoms with E-state index in [-0.39, 0.29) is 17.9 Å². The van der Waals surface area contributed by atoms with Gasteiger partial charge in [0.25, 0.3) is 0 Å². The van der Waals surface area contributed by atoms with Gasteiger partial charge in [0.15, 0.2) is 0 Å². The summed E-state index contributed by atoms with van der Waals surface area (Å²) in [7, 11) is 5.68. The van der Waals surface area contributed by atoms with Crippen LogP contribution in [0.4, 0.5) is 5.69 Å². The number of fused-ring (bicyclic) bond motifs is 2. The number of hydrogen-bond acceptors (Lipinski definition) is 4. The third kappa shape index (κ3) is 2.51. The maximum absolute atomic E-state index is 12.9. The molecule has 0 spiro atoms. The van der Waals surface area contributed by atoms with E-state index in [0.717, 1.165) is 48.5 Å². The molecule has 2 heterocycles. The standard InChI is InChI=1S/C21H25N3O2/c1-5-8-23(2)21(25)14-9-16-15-6-7-18(26-4)20-19(15)13(11-22-20)10-17(16)24(3)12-14/h6-7,9,14,17H,5,8,10,12H2,1-4H3/t14-,17-/m1/s1. The largest absolute Gasteiger partial charge is 0.494 e. The maximum Gasteiger partial charge on any atom is 0.230 e. The fraction of sp³-hybridized carbons (Fsp3) is 0.476. The van der Waals surface area contributed by atoms with Gasteiger partial charge in [-0.15, -0.1) is 0 Å². The number of carbonyl (C=O) groups excluding carboxylic acids is 1. The minimum atomic E-state index is -0.103. The van der Waals surface area contributed by atoms with Crippen molar-refractivity contribution in [3.8, 4) is 5.75 Å². The van der Waals surface area contributed by atoms with E-state index in [2.05, 4.69) is 41.9 Å². The second-order valence-corrected chi connectivity index (χ2v) is 7.39. The number of carbonyl (C=O) groups is 1. The predicted octanol–water partition coefficient (Wildman–Crippen LogP) is 2.98. The van der Waals surface area contributed by atoms with Crippen LogP contribution in [0.5, 0.6) is 5.75 Å². The molecule has 0 fully saturated rings. The zero-order chi connectivity index (χ0) is 18.4. The van der Waals surface area contributed by atoms with Gasteiger partial charge in [-0.05, 0) is 36.5 Å². The van der Waals surface area contributed by atoms with Crippen LogP contribution in [-0.2, 0) is 4.79 Å². The minimum Gasteiger partial charge on any atom is -0.494 e. The lowest BCUT2D eigenvalue weighted by atomic mass is 9.76. The topological polar surface area (TPSA) is 45.1 Å². The summed E-state index contributed by atoms with van der Waals surface area (Å²) in [5, 5.41) is 0. The molecule has 2 atom stereocenters. The lowest BCUT2D eigenvalue weighted by Gasteiger charge is -2.41. The zero-order valence-electron chi connectivity index (χ0n) is 15.9. The molecule has 1 aromatic rings. The second kappa shape index (κ2) is 6.42. The molecule has 1 aliphatic carbocycles. The van der Waals surface area contributed by atoms with Crippen LogP contribution < -0.4 is 4.74 Å². The van der Waals surface area contributed by atoms with Crippen molar-refractivity contribution >= 4 is 28.6 Å². The van der Waals surface area contributed by atoms with Gasteiger partial charge in [-0.1, -0.05) is 19.1 Å². The Hall–Kier alpha value is -2.36. The van der Waals surface area contributed by atoms with Crippen molar-refractivity contribution < 1.29 is 9.53 Å². The van der Waals surface area contributed by atoms with Gasteiger partial charge in [0.2, 0.25) is 5.91 Å². The van der Waals surface area contributed by atoms with Gasteiger partial charge in [-0.25, -0.2) is 4.99 Å². The van der Waals surface area contributed by atoms with E-state index in [1.54, 1.807) is 7.11 Å². The van der Waals surface area contributed by atoms with Crippen LogP contribution in [0, 0.1) is 5.92 Å². The third-order valence-electron chi connectivity index (χ3n) is 5.68. The van der Waals surface area contributed by atoms with Crippen molar-refractivity contribution in [2.75, 3.05) is 34.3 Å². The van der Waals surface area contributed by atoms with Gasteiger partial charge < -0.3 is 9.64 Å². The van der Waals surface area contributed by atoms with Gasteiger partial charge >= 0.3 is 0 Å². The van der Waals surface area contributed by atoms with Gasteiger partial charge in [0.05, 0.1) is 13.0 Å². The van der Waals surface area contributed by atoms with E-state index >= 15 is 0 Å². The van der Waals surface area contributed by atoms with E-state index in [1.165, 1.54) is 11.1 Å². The molecule has 4 rings (SSSR count). The molecule has 5 nitrogen and oxygen atoms in total. The van der Waals surface area contributed by atoms with Crippen LogP contribution in [0.25, 0.3) is 11.1 Å². The third-order valence-corrected chi connectivity index (χ3v) is 5.68. The summed E-state index contributed by atoms with van der Waals surface area (Å²) in [6.07, 6.45) is 4.04. The molecule has 1 aromatic carbocycles. The van der Waals surface area contributed by atoms with Crippen molar-refractivity contribution in [1.82, 2.24) is 9.80 Å². The first kappa shape index (κ1) is 17.1. The lowest BCUT2D eigenvalue weighted by Crippen LogP contribution is -2.46. The SMILES string of the molecule is CCCN(C)C(=O)[C@@H]1C=C2c3ccc(OC)c4c3C(=C=N4)C[C@H]2N(C)C1. The molecular formula is C21H25N3O2. The highest BCUT2D eigenvalue weighted by Crippen LogP contribution is 2.50. The van der Waals surface area contributed by atoms with Crippen LogP contribution in [0.1, 0.15) is 30.9 Å². The van der Waals surface area contributed by atoms with Crippen LogP contribution in [-0.4, -0.2) is 61.9 Å². The molecular weight excluding hydrogens is 326 g/mol. The molecule has 136 valence electrons. The summed E-state index contributed by atoms with van der Waals surface area (Å²) < 4.78 is 5.47. The average molecular weight is 351 g/mol. The van der Waals surface area contributed by atoms with Gasteiger partial charge in [0.1, 0.15) is 11.4 Å². The Balaban J connectivity index is 1.77. The number of amides is 1. The second-order valence-electron chi connectivity index (χ2n) is 7.39. The molecule has 0 unspecified atom stereocenters. The lowest BCUT2D eigenvalue weighted by molar-refractivity contribution is -0.133. The molecule has 0 saturated carbocycles. The highest BCUT2D eigenvalue weighted by Gasteiger charge is 2.39. The zero-order valence-corrected chi connectivity index (χ0v) is 15.9.